The first-order chi connectivity index (χ1) is 9.95. The Morgan fingerprint density at radius 1 is 1.29 bits per heavy atom. The predicted octanol–water partition coefficient (Wildman–Crippen LogP) is 2.08. The van der Waals surface area contributed by atoms with Crippen molar-refractivity contribution in [2.24, 2.45) is 0 Å². The van der Waals surface area contributed by atoms with Gasteiger partial charge in [0, 0.05) is 18.5 Å². The molecule has 0 spiro atoms. The molecule has 0 radical (unpaired) electrons. The number of aryl methyl sites for hydroxylation is 1. The lowest BCUT2D eigenvalue weighted by molar-refractivity contribution is 0.578. The number of likely N-dealkylation sites (N-methyl/N-ethyl adjacent to an activating group) is 1. The molecule has 0 aliphatic heterocycles. The molecule has 2 N–H and O–H groups in total. The van der Waals surface area contributed by atoms with Gasteiger partial charge in [0.15, 0.2) is 0 Å². The van der Waals surface area contributed by atoms with E-state index in [0.29, 0.717) is 23.8 Å². The normalized spacial score (nSPS) is 12.0. The first-order valence-corrected chi connectivity index (χ1v) is 8.58. The summed E-state index contributed by atoms with van der Waals surface area (Å²) < 4.78 is 27.3. The van der Waals surface area contributed by atoms with E-state index in [-0.39, 0.29) is 4.90 Å². The van der Waals surface area contributed by atoms with Crippen LogP contribution in [-0.2, 0) is 10.0 Å². The van der Waals surface area contributed by atoms with Crippen molar-refractivity contribution in [2.45, 2.75) is 18.7 Å². The van der Waals surface area contributed by atoms with E-state index >= 15 is 0 Å². The van der Waals surface area contributed by atoms with E-state index < -0.39 is 10.0 Å². The predicted molar refractivity (Wildman–Crippen MR) is 85.2 cm³/mol. The largest absolute Gasteiger partial charge is 0.316 e. The Morgan fingerprint density at radius 3 is 2.76 bits per heavy atom. The van der Waals surface area contributed by atoms with Crippen LogP contribution in [0.4, 0.5) is 0 Å². The number of fused-ring (bicyclic) bond motifs is 1. The number of halogens is 1. The summed E-state index contributed by atoms with van der Waals surface area (Å²) in [4.78, 5) is 4.37. The van der Waals surface area contributed by atoms with Gasteiger partial charge in [-0.3, -0.25) is 0 Å². The Labute approximate surface area is 129 Å². The van der Waals surface area contributed by atoms with Gasteiger partial charge >= 0.3 is 0 Å². The average Bonchev–Trinajstić information content (AvgIpc) is 2.44. The van der Waals surface area contributed by atoms with E-state index in [9.17, 15) is 8.42 Å². The maximum absolute atomic E-state index is 12.4. The Kier molecular flexibility index (Phi) is 5.16. The second kappa shape index (κ2) is 6.70. The number of rotatable bonds is 6. The van der Waals surface area contributed by atoms with E-state index in [0.717, 1.165) is 17.5 Å². The molecule has 0 saturated heterocycles. The van der Waals surface area contributed by atoms with E-state index in [2.05, 4.69) is 15.0 Å². The highest BCUT2D eigenvalue weighted by molar-refractivity contribution is 7.89. The van der Waals surface area contributed by atoms with Gasteiger partial charge in [-0.2, -0.15) is 0 Å². The fourth-order valence-electron chi connectivity index (χ4n) is 2.00. The van der Waals surface area contributed by atoms with E-state index in [1.165, 1.54) is 6.07 Å². The van der Waals surface area contributed by atoms with E-state index in [4.69, 9.17) is 11.6 Å². The SMILES string of the molecule is CCNCCNS(=O)(=O)c1cccc2cc(C)c(Cl)nc12. The topological polar surface area (TPSA) is 71.1 Å². The van der Waals surface area contributed by atoms with Crippen molar-refractivity contribution in [1.82, 2.24) is 15.0 Å². The van der Waals surface area contributed by atoms with Gasteiger partial charge in [-0.1, -0.05) is 30.7 Å². The molecule has 0 saturated carbocycles. The minimum atomic E-state index is -3.61. The van der Waals surface area contributed by atoms with Crippen molar-refractivity contribution < 1.29 is 8.42 Å². The number of nitrogens with one attached hydrogen (secondary N) is 2. The monoisotopic (exact) mass is 327 g/mol. The molecule has 1 heterocycles. The third-order valence-corrected chi connectivity index (χ3v) is 4.95. The van der Waals surface area contributed by atoms with Gasteiger partial charge in [0.1, 0.15) is 10.0 Å². The summed E-state index contributed by atoms with van der Waals surface area (Å²) in [5.74, 6) is 0. The lowest BCUT2D eigenvalue weighted by Crippen LogP contribution is -2.32. The molecular formula is C14H18ClN3O2S. The number of aromatic nitrogens is 1. The van der Waals surface area contributed by atoms with Crippen LogP contribution in [0, 0.1) is 6.92 Å². The zero-order valence-electron chi connectivity index (χ0n) is 12.0. The molecule has 114 valence electrons. The quantitative estimate of drug-likeness (QED) is 0.629. The molecule has 2 rings (SSSR count). The number of hydrogen-bond donors (Lipinski definition) is 2. The number of hydrogen-bond acceptors (Lipinski definition) is 4. The molecule has 0 fully saturated rings. The molecule has 7 heteroatoms. The number of para-hydroxylation sites is 1. The molecule has 0 bridgehead atoms. The van der Waals surface area contributed by atoms with E-state index in [1.807, 2.05) is 26.0 Å². The number of nitrogens with zero attached hydrogens (tertiary/aromatic N) is 1. The van der Waals surface area contributed by atoms with Crippen molar-refractivity contribution in [2.75, 3.05) is 19.6 Å². The zero-order valence-corrected chi connectivity index (χ0v) is 13.6. The lowest BCUT2D eigenvalue weighted by Gasteiger charge is -2.10. The van der Waals surface area contributed by atoms with Crippen molar-refractivity contribution in [1.29, 1.82) is 0 Å². The minimum Gasteiger partial charge on any atom is -0.316 e. The van der Waals surface area contributed by atoms with Gasteiger partial charge in [0.2, 0.25) is 10.0 Å². The molecule has 0 atom stereocenters. The molecule has 5 nitrogen and oxygen atoms in total. The van der Waals surface area contributed by atoms with Crippen LogP contribution in [0.5, 0.6) is 0 Å². The highest BCUT2D eigenvalue weighted by atomic mass is 35.5. The smallest absolute Gasteiger partial charge is 0.242 e. The Morgan fingerprint density at radius 2 is 2.05 bits per heavy atom. The third-order valence-electron chi connectivity index (χ3n) is 3.07. The van der Waals surface area contributed by atoms with Gasteiger partial charge in [-0.25, -0.2) is 18.1 Å². The summed E-state index contributed by atoms with van der Waals surface area (Å²) in [5, 5.41) is 4.14. The van der Waals surface area contributed by atoms with Crippen molar-refractivity contribution >= 4 is 32.5 Å². The van der Waals surface area contributed by atoms with Gasteiger partial charge in [0.05, 0.1) is 5.52 Å². The first-order valence-electron chi connectivity index (χ1n) is 6.72. The van der Waals surface area contributed by atoms with Crippen LogP contribution in [0.15, 0.2) is 29.2 Å². The average molecular weight is 328 g/mol. The summed E-state index contributed by atoms with van der Waals surface area (Å²) in [6.45, 7) is 5.50. The van der Waals surface area contributed by atoms with Crippen LogP contribution in [0.2, 0.25) is 5.15 Å². The Bertz CT molecular complexity index is 747. The van der Waals surface area contributed by atoms with Crippen LogP contribution in [-0.4, -0.2) is 33.0 Å². The molecule has 0 aliphatic rings. The molecule has 2 aromatic rings. The van der Waals surface area contributed by atoms with E-state index in [1.54, 1.807) is 6.07 Å². The fourth-order valence-corrected chi connectivity index (χ4v) is 3.34. The molecule has 0 amide bonds. The molecule has 0 aliphatic carbocycles. The first kappa shape index (κ1) is 16.2. The number of benzene rings is 1. The van der Waals surface area contributed by atoms with Crippen LogP contribution in [0.3, 0.4) is 0 Å². The second-order valence-corrected chi connectivity index (χ2v) is 6.77. The standard InChI is InChI=1S/C14H18ClN3O2S/c1-3-16-7-8-17-21(19,20)12-6-4-5-11-9-10(2)14(15)18-13(11)12/h4-6,9,16-17H,3,7-8H2,1-2H3. The van der Waals surface area contributed by atoms with Gasteiger partial charge < -0.3 is 5.32 Å². The second-order valence-electron chi connectivity index (χ2n) is 4.68. The molecule has 21 heavy (non-hydrogen) atoms. The molecular weight excluding hydrogens is 310 g/mol. The van der Waals surface area contributed by atoms with Crippen molar-refractivity contribution in [3.63, 3.8) is 0 Å². The van der Waals surface area contributed by atoms with Gasteiger partial charge in [-0.05, 0) is 31.2 Å². The maximum atomic E-state index is 12.4. The number of sulfonamides is 1. The van der Waals surface area contributed by atoms with Gasteiger partial charge in [-0.15, -0.1) is 0 Å². The van der Waals surface area contributed by atoms with Crippen LogP contribution >= 0.6 is 11.6 Å². The van der Waals surface area contributed by atoms with Crippen LogP contribution < -0.4 is 10.0 Å². The highest BCUT2D eigenvalue weighted by Gasteiger charge is 2.18. The van der Waals surface area contributed by atoms with Gasteiger partial charge in [0.25, 0.3) is 0 Å². The minimum absolute atomic E-state index is 0.151. The Balaban J connectivity index is 2.39. The maximum Gasteiger partial charge on any atom is 0.242 e. The summed E-state index contributed by atoms with van der Waals surface area (Å²) >= 11 is 6.02. The molecule has 0 unspecified atom stereocenters. The third kappa shape index (κ3) is 3.71. The summed E-state index contributed by atoms with van der Waals surface area (Å²) in [5.41, 5.74) is 1.21. The highest BCUT2D eigenvalue weighted by Crippen LogP contribution is 2.25. The van der Waals surface area contributed by atoms with Crippen molar-refractivity contribution in [3.8, 4) is 0 Å². The molecule has 1 aromatic carbocycles. The Hall–Kier alpha value is -1.21. The number of pyridine rings is 1. The fraction of sp³-hybridized carbons (Fsp3) is 0.357. The summed E-state index contributed by atoms with van der Waals surface area (Å²) in [6, 6.07) is 6.90. The lowest BCUT2D eigenvalue weighted by atomic mass is 10.2. The molecule has 1 aromatic heterocycles. The zero-order chi connectivity index (χ0) is 15.5. The van der Waals surface area contributed by atoms with Crippen LogP contribution in [0.25, 0.3) is 10.9 Å². The summed E-state index contributed by atoms with van der Waals surface area (Å²) in [7, 11) is -3.61. The van der Waals surface area contributed by atoms with Crippen molar-refractivity contribution in [3.05, 3.63) is 35.0 Å². The summed E-state index contributed by atoms with van der Waals surface area (Å²) in [6.07, 6.45) is 0. The van der Waals surface area contributed by atoms with Crippen LogP contribution in [0.1, 0.15) is 12.5 Å².